The van der Waals surface area contributed by atoms with E-state index in [1.165, 1.54) is 0 Å². The highest BCUT2D eigenvalue weighted by Gasteiger charge is 2.24. The normalized spacial score (nSPS) is 15.7. The van der Waals surface area contributed by atoms with E-state index in [0.29, 0.717) is 19.0 Å². The van der Waals surface area contributed by atoms with E-state index in [4.69, 9.17) is 14.9 Å². The maximum Gasteiger partial charge on any atom is 0.228 e. The van der Waals surface area contributed by atoms with E-state index in [1.807, 2.05) is 28.7 Å². The number of likely N-dealkylation sites (tertiary alicyclic amines) is 1. The third-order valence-electron chi connectivity index (χ3n) is 4.48. The quantitative estimate of drug-likeness (QED) is 0.765. The molecule has 7 heteroatoms. The van der Waals surface area contributed by atoms with Crippen molar-refractivity contribution >= 4 is 17.2 Å². The number of carbonyl (C=O) groups is 1. The van der Waals surface area contributed by atoms with Crippen molar-refractivity contribution in [2.24, 2.45) is 5.73 Å². The average Bonchev–Trinajstić information content (AvgIpc) is 3.26. The third-order valence-corrected chi connectivity index (χ3v) is 5.16. The van der Waals surface area contributed by atoms with E-state index < -0.39 is 0 Å². The second-order valence-electron chi connectivity index (χ2n) is 6.30. The molecule has 3 heterocycles. The zero-order valence-corrected chi connectivity index (χ0v) is 15.4. The number of piperidine rings is 1. The fourth-order valence-corrected chi connectivity index (χ4v) is 3.59. The van der Waals surface area contributed by atoms with Crippen LogP contribution in [0.4, 0.5) is 0 Å². The molecule has 1 saturated heterocycles. The molecule has 1 aliphatic heterocycles. The Bertz CT molecular complexity index is 676. The molecule has 136 valence electrons. The first-order chi connectivity index (χ1) is 12.2. The lowest BCUT2D eigenvalue weighted by molar-refractivity contribution is -0.133. The molecule has 6 nitrogen and oxygen atoms in total. The molecule has 2 aromatic heterocycles. The Morgan fingerprint density at radius 1 is 1.48 bits per heavy atom. The van der Waals surface area contributed by atoms with Crippen molar-refractivity contribution in [2.45, 2.75) is 38.7 Å². The molecular formula is C18H25N3O3S. The summed E-state index contributed by atoms with van der Waals surface area (Å²) in [6.07, 6.45) is 3.19. The second-order valence-corrected chi connectivity index (χ2v) is 7.08. The molecule has 0 saturated carbocycles. The highest BCUT2D eigenvalue weighted by molar-refractivity contribution is 7.08. The highest BCUT2D eigenvalue weighted by Crippen LogP contribution is 2.24. The maximum absolute atomic E-state index is 12.6. The van der Waals surface area contributed by atoms with Crippen molar-refractivity contribution in [3.63, 3.8) is 0 Å². The Hall–Kier alpha value is -1.70. The first kappa shape index (κ1) is 18.1. The Morgan fingerprint density at radius 3 is 2.96 bits per heavy atom. The van der Waals surface area contributed by atoms with E-state index in [9.17, 15) is 4.79 Å². The molecule has 2 aromatic rings. The molecule has 0 bridgehead atoms. The molecule has 0 unspecified atom stereocenters. The zero-order valence-electron chi connectivity index (χ0n) is 14.6. The Balaban J connectivity index is 1.52. The van der Waals surface area contributed by atoms with Gasteiger partial charge in [-0.2, -0.15) is 11.3 Å². The average molecular weight is 363 g/mol. The van der Waals surface area contributed by atoms with E-state index in [-0.39, 0.29) is 18.4 Å². The van der Waals surface area contributed by atoms with Crippen LogP contribution in [0.5, 0.6) is 0 Å². The van der Waals surface area contributed by atoms with Gasteiger partial charge >= 0.3 is 0 Å². The topological polar surface area (TPSA) is 81.6 Å². The monoisotopic (exact) mass is 363 g/mol. The Morgan fingerprint density at radius 2 is 2.28 bits per heavy atom. The minimum atomic E-state index is 0.105. The van der Waals surface area contributed by atoms with Gasteiger partial charge in [0.15, 0.2) is 0 Å². The fourth-order valence-electron chi connectivity index (χ4n) is 2.96. The number of carbonyl (C=O) groups excluding carboxylic acids is 1. The van der Waals surface area contributed by atoms with Crippen molar-refractivity contribution in [3.8, 4) is 11.5 Å². The van der Waals surface area contributed by atoms with Crippen LogP contribution in [0.15, 0.2) is 21.2 Å². The molecular weight excluding hydrogens is 338 g/mol. The summed E-state index contributed by atoms with van der Waals surface area (Å²) >= 11 is 1.60. The van der Waals surface area contributed by atoms with Gasteiger partial charge < -0.3 is 19.8 Å². The molecule has 1 fully saturated rings. The number of nitrogens with zero attached hydrogens (tertiary/aromatic N) is 2. The van der Waals surface area contributed by atoms with Crippen LogP contribution in [0.2, 0.25) is 0 Å². The third kappa shape index (κ3) is 4.68. The van der Waals surface area contributed by atoms with Gasteiger partial charge in [-0.25, -0.2) is 4.98 Å². The number of hydrogen-bond donors (Lipinski definition) is 1. The Kier molecular flexibility index (Phi) is 6.23. The summed E-state index contributed by atoms with van der Waals surface area (Å²) in [6.45, 7) is 4.70. The summed E-state index contributed by atoms with van der Waals surface area (Å²) in [5.74, 6) is 1.41. The van der Waals surface area contributed by atoms with E-state index in [0.717, 1.165) is 49.4 Å². The number of aromatic nitrogens is 1. The number of thiophene rings is 1. The van der Waals surface area contributed by atoms with Crippen LogP contribution in [-0.2, 0) is 16.0 Å². The molecule has 0 radical (unpaired) electrons. The van der Waals surface area contributed by atoms with Crippen LogP contribution >= 0.6 is 11.3 Å². The minimum absolute atomic E-state index is 0.105. The summed E-state index contributed by atoms with van der Waals surface area (Å²) in [6, 6.07) is 1.97. The summed E-state index contributed by atoms with van der Waals surface area (Å²) < 4.78 is 11.5. The molecule has 3 rings (SSSR count). The van der Waals surface area contributed by atoms with Crippen molar-refractivity contribution < 1.29 is 13.9 Å². The highest BCUT2D eigenvalue weighted by atomic mass is 32.1. The lowest BCUT2D eigenvalue weighted by Crippen LogP contribution is -2.41. The molecule has 1 aliphatic rings. The maximum atomic E-state index is 12.6. The SMILES string of the molecule is Cc1oc(-c2ccsc2)nc1CC(=O)N1CCC(OCCCN)CC1. The number of nitrogens with two attached hydrogens (primary N) is 1. The molecule has 0 atom stereocenters. The number of hydrogen-bond acceptors (Lipinski definition) is 6. The van der Waals surface area contributed by atoms with Crippen LogP contribution in [-0.4, -0.2) is 48.1 Å². The lowest BCUT2D eigenvalue weighted by atomic mass is 10.1. The van der Waals surface area contributed by atoms with Crippen molar-refractivity contribution in [1.82, 2.24) is 9.88 Å². The predicted molar refractivity (Wildman–Crippen MR) is 97.5 cm³/mol. The predicted octanol–water partition coefficient (Wildman–Crippen LogP) is 2.61. The summed E-state index contributed by atoms with van der Waals surface area (Å²) in [7, 11) is 0. The number of oxazole rings is 1. The molecule has 0 aliphatic carbocycles. The van der Waals surface area contributed by atoms with Gasteiger partial charge in [0, 0.05) is 30.6 Å². The number of ether oxygens (including phenoxy) is 1. The molecule has 0 spiro atoms. The lowest BCUT2D eigenvalue weighted by Gasteiger charge is -2.32. The van der Waals surface area contributed by atoms with Gasteiger partial charge in [0.05, 0.1) is 18.2 Å². The number of rotatable bonds is 7. The van der Waals surface area contributed by atoms with Gasteiger partial charge in [0.1, 0.15) is 5.76 Å². The standard InChI is InChI=1S/C18H25N3O3S/c1-13-16(20-18(24-13)14-5-10-25-12-14)11-17(22)21-7-3-15(4-8-21)23-9-2-6-19/h5,10,12,15H,2-4,6-9,11,19H2,1H3. The van der Waals surface area contributed by atoms with E-state index in [2.05, 4.69) is 4.98 Å². The first-order valence-electron chi connectivity index (χ1n) is 8.75. The van der Waals surface area contributed by atoms with Crippen LogP contribution in [0, 0.1) is 6.92 Å². The molecule has 0 aromatic carbocycles. The van der Waals surface area contributed by atoms with Gasteiger partial charge in [0.25, 0.3) is 0 Å². The Labute approximate surface area is 152 Å². The van der Waals surface area contributed by atoms with Crippen LogP contribution < -0.4 is 5.73 Å². The summed E-state index contributed by atoms with van der Waals surface area (Å²) in [4.78, 5) is 19.0. The van der Waals surface area contributed by atoms with Crippen LogP contribution in [0.25, 0.3) is 11.5 Å². The van der Waals surface area contributed by atoms with E-state index in [1.54, 1.807) is 11.3 Å². The largest absolute Gasteiger partial charge is 0.441 e. The van der Waals surface area contributed by atoms with Gasteiger partial charge in [0.2, 0.25) is 11.8 Å². The van der Waals surface area contributed by atoms with Gasteiger partial charge in [-0.1, -0.05) is 0 Å². The van der Waals surface area contributed by atoms with Gasteiger partial charge in [-0.15, -0.1) is 0 Å². The van der Waals surface area contributed by atoms with Crippen LogP contribution in [0.3, 0.4) is 0 Å². The van der Waals surface area contributed by atoms with Crippen molar-refractivity contribution in [3.05, 3.63) is 28.3 Å². The summed E-state index contributed by atoms with van der Waals surface area (Å²) in [5, 5.41) is 3.98. The smallest absolute Gasteiger partial charge is 0.228 e. The number of amides is 1. The van der Waals surface area contributed by atoms with Gasteiger partial charge in [-0.3, -0.25) is 4.79 Å². The van der Waals surface area contributed by atoms with Crippen LogP contribution in [0.1, 0.15) is 30.7 Å². The van der Waals surface area contributed by atoms with E-state index >= 15 is 0 Å². The summed E-state index contributed by atoms with van der Waals surface area (Å²) in [5.41, 5.74) is 7.17. The minimum Gasteiger partial charge on any atom is -0.441 e. The van der Waals surface area contributed by atoms with Gasteiger partial charge in [-0.05, 0) is 44.2 Å². The molecule has 2 N–H and O–H groups in total. The molecule has 1 amide bonds. The first-order valence-corrected chi connectivity index (χ1v) is 9.70. The van der Waals surface area contributed by atoms with Crippen molar-refractivity contribution in [2.75, 3.05) is 26.2 Å². The molecule has 25 heavy (non-hydrogen) atoms. The fraction of sp³-hybridized carbons (Fsp3) is 0.556. The second kappa shape index (κ2) is 8.60. The number of aryl methyl sites for hydroxylation is 1. The zero-order chi connectivity index (χ0) is 17.6. The van der Waals surface area contributed by atoms with Crippen molar-refractivity contribution in [1.29, 1.82) is 0 Å².